The van der Waals surface area contributed by atoms with Gasteiger partial charge in [-0.1, -0.05) is 12.1 Å². The molecule has 0 aliphatic carbocycles. The molecule has 0 saturated carbocycles. The Hall–Kier alpha value is -1.75. The summed E-state index contributed by atoms with van der Waals surface area (Å²) in [5.74, 6) is 0.823. The van der Waals surface area contributed by atoms with E-state index in [9.17, 15) is 4.79 Å². The van der Waals surface area contributed by atoms with Crippen LogP contribution in [0.3, 0.4) is 0 Å². The fourth-order valence-corrected chi connectivity index (χ4v) is 1.74. The maximum Gasteiger partial charge on any atom is 0.407 e. The maximum absolute atomic E-state index is 11.5. The zero-order valence-corrected chi connectivity index (χ0v) is 14.0. The quantitative estimate of drug-likeness (QED) is 0.749. The van der Waals surface area contributed by atoms with Crippen LogP contribution in [0.4, 0.5) is 4.79 Å². The minimum Gasteiger partial charge on any atom is -0.491 e. The van der Waals surface area contributed by atoms with E-state index < -0.39 is 5.60 Å². The molecular formula is C17H27NO4. The molecular weight excluding hydrogens is 282 g/mol. The molecule has 0 fully saturated rings. The summed E-state index contributed by atoms with van der Waals surface area (Å²) < 4.78 is 15.9. The molecule has 1 N–H and O–H groups in total. The Bertz CT molecular complexity index is 437. The molecule has 1 aromatic rings. The third kappa shape index (κ3) is 8.52. The standard InChI is InChI=1S/C17H27NO4/c1-5-20-12-13-21-15-8-6-14(7-9-15)10-11-18-16(19)22-17(2,3)4/h6-9H,5,10-13H2,1-4H3,(H,18,19). The molecule has 5 nitrogen and oxygen atoms in total. The minimum absolute atomic E-state index is 0.386. The van der Waals surface area contributed by atoms with E-state index >= 15 is 0 Å². The molecule has 0 atom stereocenters. The van der Waals surface area contributed by atoms with Gasteiger partial charge >= 0.3 is 6.09 Å². The Morgan fingerprint density at radius 2 is 1.82 bits per heavy atom. The van der Waals surface area contributed by atoms with Crippen molar-refractivity contribution < 1.29 is 19.0 Å². The van der Waals surface area contributed by atoms with Crippen LogP contribution in [0.25, 0.3) is 0 Å². The van der Waals surface area contributed by atoms with Gasteiger partial charge in [-0.25, -0.2) is 4.79 Å². The van der Waals surface area contributed by atoms with Crippen molar-refractivity contribution in [1.82, 2.24) is 5.32 Å². The van der Waals surface area contributed by atoms with Crippen molar-refractivity contribution in [2.75, 3.05) is 26.4 Å². The molecule has 0 saturated heterocycles. The van der Waals surface area contributed by atoms with Crippen LogP contribution in [0.15, 0.2) is 24.3 Å². The van der Waals surface area contributed by atoms with Crippen molar-refractivity contribution in [3.8, 4) is 5.75 Å². The summed E-state index contributed by atoms with van der Waals surface area (Å²) in [6, 6.07) is 7.84. The second-order valence-electron chi connectivity index (χ2n) is 5.87. The second-order valence-corrected chi connectivity index (χ2v) is 5.87. The van der Waals surface area contributed by atoms with Crippen molar-refractivity contribution >= 4 is 6.09 Å². The van der Waals surface area contributed by atoms with Crippen LogP contribution >= 0.6 is 0 Å². The Labute approximate surface area is 132 Å². The first-order chi connectivity index (χ1) is 10.4. The smallest absolute Gasteiger partial charge is 0.407 e. The molecule has 5 heteroatoms. The third-order valence-corrected chi connectivity index (χ3v) is 2.71. The van der Waals surface area contributed by atoms with Crippen molar-refractivity contribution in [3.05, 3.63) is 29.8 Å². The number of hydrogen-bond donors (Lipinski definition) is 1. The number of benzene rings is 1. The molecule has 0 aliphatic heterocycles. The van der Waals surface area contributed by atoms with E-state index in [2.05, 4.69) is 5.32 Å². The molecule has 0 bridgehead atoms. The highest BCUT2D eigenvalue weighted by Crippen LogP contribution is 2.12. The highest BCUT2D eigenvalue weighted by atomic mass is 16.6. The van der Waals surface area contributed by atoms with Crippen molar-refractivity contribution in [2.45, 2.75) is 39.7 Å². The lowest BCUT2D eigenvalue weighted by Crippen LogP contribution is -2.33. The third-order valence-electron chi connectivity index (χ3n) is 2.71. The van der Waals surface area contributed by atoms with Gasteiger partial charge in [0.1, 0.15) is 18.0 Å². The largest absolute Gasteiger partial charge is 0.491 e. The highest BCUT2D eigenvalue weighted by molar-refractivity contribution is 5.67. The molecule has 1 amide bonds. The first-order valence-electron chi connectivity index (χ1n) is 7.67. The van der Waals surface area contributed by atoms with Crippen LogP contribution in [0.1, 0.15) is 33.3 Å². The van der Waals surface area contributed by atoms with Gasteiger partial charge < -0.3 is 19.5 Å². The van der Waals surface area contributed by atoms with Crippen LogP contribution in [-0.4, -0.2) is 38.1 Å². The van der Waals surface area contributed by atoms with Crippen molar-refractivity contribution in [2.24, 2.45) is 0 Å². The molecule has 0 spiro atoms. The summed E-state index contributed by atoms with van der Waals surface area (Å²) in [7, 11) is 0. The average Bonchev–Trinajstić information content (AvgIpc) is 2.43. The molecule has 124 valence electrons. The lowest BCUT2D eigenvalue weighted by Gasteiger charge is -2.19. The Morgan fingerprint density at radius 3 is 2.41 bits per heavy atom. The lowest BCUT2D eigenvalue weighted by atomic mass is 10.1. The van der Waals surface area contributed by atoms with Gasteiger partial charge in [0.05, 0.1) is 6.61 Å². The maximum atomic E-state index is 11.5. The Balaban J connectivity index is 2.25. The zero-order chi connectivity index (χ0) is 16.4. The van der Waals surface area contributed by atoms with E-state index in [4.69, 9.17) is 14.2 Å². The number of hydrogen-bond acceptors (Lipinski definition) is 4. The Kier molecular flexibility index (Phi) is 7.74. The first-order valence-corrected chi connectivity index (χ1v) is 7.67. The van der Waals surface area contributed by atoms with Gasteiger partial charge in [0, 0.05) is 13.2 Å². The molecule has 22 heavy (non-hydrogen) atoms. The second kappa shape index (κ2) is 9.30. The van der Waals surface area contributed by atoms with Crippen LogP contribution in [0.5, 0.6) is 5.75 Å². The van der Waals surface area contributed by atoms with Crippen molar-refractivity contribution in [3.63, 3.8) is 0 Å². The predicted octanol–water partition coefficient (Wildman–Crippen LogP) is 3.17. The average molecular weight is 309 g/mol. The van der Waals surface area contributed by atoms with Gasteiger partial charge in [0.2, 0.25) is 0 Å². The van der Waals surface area contributed by atoms with E-state index in [0.29, 0.717) is 26.4 Å². The molecule has 1 rings (SSSR count). The number of nitrogens with one attached hydrogen (secondary N) is 1. The van der Waals surface area contributed by atoms with Crippen LogP contribution in [-0.2, 0) is 15.9 Å². The summed E-state index contributed by atoms with van der Waals surface area (Å²) in [5.41, 5.74) is 0.665. The summed E-state index contributed by atoms with van der Waals surface area (Å²) >= 11 is 0. The minimum atomic E-state index is -0.468. The molecule has 0 aliphatic rings. The number of carbonyl (C=O) groups is 1. The van der Waals surface area contributed by atoms with E-state index in [-0.39, 0.29) is 6.09 Å². The molecule has 0 heterocycles. The van der Waals surface area contributed by atoms with E-state index in [1.54, 1.807) is 0 Å². The first kappa shape index (κ1) is 18.3. The predicted molar refractivity (Wildman–Crippen MR) is 86.4 cm³/mol. The molecule has 0 aromatic heterocycles. The van der Waals surface area contributed by atoms with Crippen molar-refractivity contribution in [1.29, 1.82) is 0 Å². The number of alkyl carbamates (subject to hydrolysis) is 1. The van der Waals surface area contributed by atoms with E-state index in [0.717, 1.165) is 17.7 Å². The summed E-state index contributed by atoms with van der Waals surface area (Å²) in [4.78, 5) is 11.5. The monoisotopic (exact) mass is 309 g/mol. The number of rotatable bonds is 8. The van der Waals surface area contributed by atoms with E-state index in [1.807, 2.05) is 52.0 Å². The zero-order valence-electron chi connectivity index (χ0n) is 14.0. The topological polar surface area (TPSA) is 56.8 Å². The molecule has 0 unspecified atom stereocenters. The molecule has 1 aromatic carbocycles. The fraction of sp³-hybridized carbons (Fsp3) is 0.588. The highest BCUT2D eigenvalue weighted by Gasteiger charge is 2.15. The summed E-state index contributed by atoms with van der Waals surface area (Å²) in [5, 5.41) is 2.74. The van der Waals surface area contributed by atoms with Gasteiger partial charge in [0.25, 0.3) is 0 Å². The number of carbonyl (C=O) groups excluding carboxylic acids is 1. The summed E-state index contributed by atoms with van der Waals surface area (Å²) in [6.07, 6.45) is 0.363. The summed E-state index contributed by atoms with van der Waals surface area (Å²) in [6.45, 7) is 9.88. The Morgan fingerprint density at radius 1 is 1.14 bits per heavy atom. The SMILES string of the molecule is CCOCCOc1ccc(CCNC(=O)OC(C)(C)C)cc1. The van der Waals surface area contributed by atoms with Crippen LogP contribution in [0.2, 0.25) is 0 Å². The number of ether oxygens (including phenoxy) is 3. The molecule has 0 radical (unpaired) electrons. The van der Waals surface area contributed by atoms with Crippen LogP contribution < -0.4 is 10.1 Å². The van der Waals surface area contributed by atoms with Gasteiger partial charge in [-0.3, -0.25) is 0 Å². The van der Waals surface area contributed by atoms with Gasteiger partial charge in [0.15, 0.2) is 0 Å². The fourth-order valence-electron chi connectivity index (χ4n) is 1.74. The van der Waals surface area contributed by atoms with Gasteiger partial charge in [-0.15, -0.1) is 0 Å². The van der Waals surface area contributed by atoms with E-state index in [1.165, 1.54) is 0 Å². The lowest BCUT2D eigenvalue weighted by molar-refractivity contribution is 0.0528. The van der Waals surface area contributed by atoms with Gasteiger partial charge in [-0.05, 0) is 51.8 Å². The van der Waals surface area contributed by atoms with Gasteiger partial charge in [-0.2, -0.15) is 0 Å². The van der Waals surface area contributed by atoms with Crippen LogP contribution in [0, 0.1) is 0 Å². The number of amides is 1. The normalized spacial score (nSPS) is 11.1.